The van der Waals surface area contributed by atoms with Crippen molar-refractivity contribution in [2.24, 2.45) is 5.92 Å². The van der Waals surface area contributed by atoms with Gasteiger partial charge < -0.3 is 15.0 Å². The van der Waals surface area contributed by atoms with Crippen molar-refractivity contribution in [1.29, 1.82) is 0 Å². The van der Waals surface area contributed by atoms with E-state index in [4.69, 9.17) is 5.10 Å². The molecule has 2 heterocycles. The zero-order chi connectivity index (χ0) is 32.6. The maximum Gasteiger partial charge on any atom is 0.155 e. The molecule has 1 N–H and O–H groups in total. The summed E-state index contributed by atoms with van der Waals surface area (Å²) >= 11 is 1.76. The van der Waals surface area contributed by atoms with E-state index in [0.717, 1.165) is 65.6 Å². The molecule has 0 unspecified atom stereocenters. The number of hydrogen-bond acceptors (Lipinski definition) is 5. The minimum Gasteiger partial charge on any atom is -0.371 e. The van der Waals surface area contributed by atoms with E-state index in [9.17, 15) is 4.79 Å². The highest BCUT2D eigenvalue weighted by Gasteiger charge is 2.40. The lowest BCUT2D eigenvalue weighted by atomic mass is 9.77. The van der Waals surface area contributed by atoms with Crippen LogP contribution in [0, 0.1) is 5.92 Å². The predicted molar refractivity (Wildman–Crippen MR) is 197 cm³/mol. The van der Waals surface area contributed by atoms with Crippen LogP contribution in [0.4, 0.5) is 5.82 Å². The molecule has 0 bridgehead atoms. The van der Waals surface area contributed by atoms with Crippen molar-refractivity contribution in [2.75, 3.05) is 38.8 Å². The highest BCUT2D eigenvalue weighted by atomic mass is 32.2. The maximum absolute atomic E-state index is 10.2. The Kier molecular flexibility index (Phi) is 10.2. The minimum atomic E-state index is -0.669. The number of nitrogens with one attached hydrogen (secondary N) is 1. The summed E-state index contributed by atoms with van der Waals surface area (Å²) in [6.07, 6.45) is 5.31. The number of rotatable bonds is 8. The van der Waals surface area contributed by atoms with Gasteiger partial charge >= 0.3 is 0 Å². The summed E-state index contributed by atoms with van der Waals surface area (Å²) in [6.45, 7) is 2.17. The SMILES string of the molecule is CN1CCC(C=O)CC1.CNc1nn(C(c2ccccc2)(c2ccccc2)c2ccccc2)c2ccc(-c3cccc(SC)c3)cc12. The molecule has 1 fully saturated rings. The molecule has 1 saturated heterocycles. The smallest absolute Gasteiger partial charge is 0.155 e. The Morgan fingerprint density at radius 2 is 1.30 bits per heavy atom. The molecule has 1 aromatic heterocycles. The van der Waals surface area contributed by atoms with E-state index >= 15 is 0 Å². The number of carbonyl (C=O) groups excluding carboxylic acids is 1. The molecule has 6 heteroatoms. The lowest BCUT2D eigenvalue weighted by molar-refractivity contribution is -0.112. The van der Waals surface area contributed by atoms with Crippen LogP contribution in [0.1, 0.15) is 29.5 Å². The van der Waals surface area contributed by atoms with Crippen LogP contribution < -0.4 is 5.32 Å². The van der Waals surface area contributed by atoms with E-state index in [2.05, 4.69) is 162 Å². The summed E-state index contributed by atoms with van der Waals surface area (Å²) in [7, 11) is 4.05. The molecule has 1 aliphatic heterocycles. The molecule has 0 amide bonds. The summed E-state index contributed by atoms with van der Waals surface area (Å²) in [5.41, 5.74) is 6.24. The second-order valence-corrected chi connectivity index (χ2v) is 12.9. The number of piperidine rings is 1. The second kappa shape index (κ2) is 14.8. The van der Waals surface area contributed by atoms with Crippen molar-refractivity contribution < 1.29 is 4.79 Å². The third-order valence-corrected chi connectivity index (χ3v) is 9.89. The standard InChI is InChI=1S/C34H29N3S.C7H13NO/c1-35-33-31-24-26(25-13-12-20-30(23-25)38-2)21-22-32(31)37(36-33)34(27-14-6-3-7-15-27,28-16-8-4-9-17-28)29-18-10-5-11-19-29;1-8-4-2-7(6-9)3-5-8/h3-24H,1-2H3,(H,35,36);6-7H,2-5H2,1H3. The third kappa shape index (κ3) is 6.62. The number of fused-ring (bicyclic) bond motifs is 1. The monoisotopic (exact) mass is 638 g/mol. The first-order chi connectivity index (χ1) is 23.1. The number of benzene rings is 5. The van der Waals surface area contributed by atoms with E-state index in [-0.39, 0.29) is 0 Å². The van der Waals surface area contributed by atoms with E-state index in [0.29, 0.717) is 5.92 Å². The minimum absolute atomic E-state index is 0.348. The zero-order valence-electron chi connectivity index (χ0n) is 27.3. The van der Waals surface area contributed by atoms with Crippen molar-refractivity contribution in [3.05, 3.63) is 150 Å². The van der Waals surface area contributed by atoms with Crippen LogP contribution in [0.5, 0.6) is 0 Å². The van der Waals surface area contributed by atoms with E-state index < -0.39 is 5.54 Å². The van der Waals surface area contributed by atoms with Crippen molar-refractivity contribution in [3.63, 3.8) is 0 Å². The van der Waals surface area contributed by atoms with Gasteiger partial charge in [0.25, 0.3) is 0 Å². The number of carbonyl (C=O) groups is 1. The van der Waals surface area contributed by atoms with Crippen LogP contribution in [0.2, 0.25) is 0 Å². The van der Waals surface area contributed by atoms with E-state index in [1.54, 1.807) is 11.8 Å². The molecule has 6 aromatic rings. The molecule has 1 aliphatic rings. The molecule has 238 valence electrons. The maximum atomic E-state index is 10.2. The Hall–Kier alpha value is -4.65. The van der Waals surface area contributed by atoms with Gasteiger partial charge in [-0.15, -0.1) is 11.8 Å². The number of thioether (sulfide) groups is 1. The zero-order valence-corrected chi connectivity index (χ0v) is 28.2. The fraction of sp³-hybridized carbons (Fsp3) is 0.220. The Morgan fingerprint density at radius 3 is 1.81 bits per heavy atom. The van der Waals surface area contributed by atoms with Gasteiger partial charge in [0.15, 0.2) is 5.82 Å². The average Bonchev–Trinajstić information content (AvgIpc) is 3.52. The average molecular weight is 639 g/mol. The van der Waals surface area contributed by atoms with Gasteiger partial charge in [0.05, 0.1) is 5.52 Å². The quantitative estimate of drug-likeness (QED) is 0.103. The van der Waals surface area contributed by atoms with Crippen molar-refractivity contribution in [1.82, 2.24) is 14.7 Å². The fourth-order valence-corrected chi connectivity index (χ4v) is 7.07. The number of hydrogen-bond donors (Lipinski definition) is 1. The molecular formula is C41H42N4OS. The topological polar surface area (TPSA) is 50.2 Å². The van der Waals surface area contributed by atoms with Gasteiger partial charge in [0, 0.05) is 23.2 Å². The molecule has 0 atom stereocenters. The fourth-order valence-electron chi connectivity index (χ4n) is 6.61. The normalized spacial score (nSPS) is 13.9. The number of aromatic nitrogens is 2. The Morgan fingerprint density at radius 1 is 0.745 bits per heavy atom. The highest BCUT2D eigenvalue weighted by molar-refractivity contribution is 7.98. The first kappa shape index (κ1) is 32.3. The molecule has 0 radical (unpaired) electrons. The molecule has 0 saturated carbocycles. The lowest BCUT2D eigenvalue weighted by Crippen LogP contribution is -2.38. The highest BCUT2D eigenvalue weighted by Crippen LogP contribution is 2.44. The summed E-state index contributed by atoms with van der Waals surface area (Å²) < 4.78 is 2.20. The van der Waals surface area contributed by atoms with Crippen molar-refractivity contribution in [3.8, 4) is 11.1 Å². The Balaban J connectivity index is 0.000000373. The van der Waals surface area contributed by atoms with Gasteiger partial charge in [-0.25, -0.2) is 4.68 Å². The molecule has 47 heavy (non-hydrogen) atoms. The van der Waals surface area contributed by atoms with Crippen LogP contribution in [0.15, 0.2) is 138 Å². The van der Waals surface area contributed by atoms with Crippen LogP contribution in [0.25, 0.3) is 22.0 Å². The molecule has 0 spiro atoms. The summed E-state index contributed by atoms with van der Waals surface area (Å²) in [6, 6.07) is 47.5. The van der Waals surface area contributed by atoms with Gasteiger partial charge in [0.1, 0.15) is 11.8 Å². The molecule has 5 aromatic carbocycles. The predicted octanol–water partition coefficient (Wildman–Crippen LogP) is 8.83. The molecule has 5 nitrogen and oxygen atoms in total. The largest absolute Gasteiger partial charge is 0.371 e. The molecule has 7 rings (SSSR count). The van der Waals surface area contributed by atoms with Crippen LogP contribution in [-0.4, -0.2) is 54.4 Å². The van der Waals surface area contributed by atoms with Crippen LogP contribution >= 0.6 is 11.8 Å². The van der Waals surface area contributed by atoms with Gasteiger partial charge in [-0.3, -0.25) is 0 Å². The van der Waals surface area contributed by atoms with Gasteiger partial charge in [0.2, 0.25) is 0 Å². The number of nitrogens with zero attached hydrogens (tertiary/aromatic N) is 3. The van der Waals surface area contributed by atoms with Gasteiger partial charge in [-0.1, -0.05) is 109 Å². The molecular weight excluding hydrogens is 597 g/mol. The van der Waals surface area contributed by atoms with E-state index in [1.165, 1.54) is 16.0 Å². The Bertz CT molecular complexity index is 1800. The van der Waals surface area contributed by atoms with Gasteiger partial charge in [-0.2, -0.15) is 5.10 Å². The first-order valence-corrected chi connectivity index (χ1v) is 17.5. The number of anilines is 1. The first-order valence-electron chi connectivity index (χ1n) is 16.2. The van der Waals surface area contributed by atoms with Crippen LogP contribution in [0.3, 0.4) is 0 Å². The Labute approximate surface area is 282 Å². The van der Waals surface area contributed by atoms with Gasteiger partial charge in [-0.05, 0) is 91.3 Å². The molecule has 0 aliphatic carbocycles. The van der Waals surface area contributed by atoms with Crippen molar-refractivity contribution in [2.45, 2.75) is 23.3 Å². The summed E-state index contributed by atoms with van der Waals surface area (Å²) in [4.78, 5) is 13.8. The number of likely N-dealkylation sites (tertiary alicyclic amines) is 1. The second-order valence-electron chi connectivity index (χ2n) is 12.1. The van der Waals surface area contributed by atoms with Crippen molar-refractivity contribution >= 4 is 34.8 Å². The van der Waals surface area contributed by atoms with E-state index in [1.807, 2.05) is 7.05 Å². The summed E-state index contributed by atoms with van der Waals surface area (Å²) in [5.74, 6) is 1.20. The lowest BCUT2D eigenvalue weighted by Gasteiger charge is -2.37. The number of aldehydes is 1. The third-order valence-electron chi connectivity index (χ3n) is 9.17. The summed E-state index contributed by atoms with van der Waals surface area (Å²) in [5, 5.41) is 9.75. The van der Waals surface area contributed by atoms with Crippen LogP contribution in [-0.2, 0) is 10.3 Å².